The van der Waals surface area contributed by atoms with Gasteiger partial charge in [-0.05, 0) is 20.8 Å². The first-order valence-corrected chi connectivity index (χ1v) is 6.74. The van der Waals surface area contributed by atoms with Crippen molar-refractivity contribution in [1.82, 2.24) is 5.48 Å². The molecule has 0 aliphatic carbocycles. The highest BCUT2D eigenvalue weighted by atomic mass is 35.5. The number of nitro groups is 1. The number of nitrogens with one attached hydrogen (secondary N) is 2. The van der Waals surface area contributed by atoms with Crippen molar-refractivity contribution in [3.05, 3.63) is 32.8 Å². The summed E-state index contributed by atoms with van der Waals surface area (Å²) in [4.78, 5) is 38.5. The Kier molecular flexibility index (Phi) is 5.88. The number of hydrogen-bond donors (Lipinski definition) is 2. The number of carbonyl (C=O) groups is 2. The fraction of sp³-hybridized carbons (Fsp3) is 0.385. The summed E-state index contributed by atoms with van der Waals surface area (Å²) in [5.41, 5.74) is 0.483. The van der Waals surface area contributed by atoms with Crippen LogP contribution < -0.4 is 10.8 Å². The first kappa shape index (κ1) is 18.7. The number of hydrogen-bond acceptors (Lipinski definition) is 6. The minimum absolute atomic E-state index is 0.173. The van der Waals surface area contributed by atoms with Crippen LogP contribution in [0.3, 0.4) is 0 Å². The van der Waals surface area contributed by atoms with Gasteiger partial charge >= 0.3 is 6.09 Å². The Morgan fingerprint density at radius 3 is 2.39 bits per heavy atom. The van der Waals surface area contributed by atoms with Gasteiger partial charge in [-0.15, -0.1) is 0 Å². The molecule has 9 nitrogen and oxygen atoms in total. The number of ether oxygens (including phenoxy) is 1. The van der Waals surface area contributed by atoms with Gasteiger partial charge < -0.3 is 4.74 Å². The maximum atomic E-state index is 12.0. The highest BCUT2D eigenvalue weighted by molar-refractivity contribution is 6.35. The van der Waals surface area contributed by atoms with E-state index in [1.54, 1.807) is 20.8 Å². The van der Waals surface area contributed by atoms with E-state index in [4.69, 9.17) is 16.3 Å². The summed E-state index contributed by atoms with van der Waals surface area (Å²) in [6.07, 6.45) is -0.888. The molecule has 0 aliphatic rings. The van der Waals surface area contributed by atoms with Crippen LogP contribution in [0.1, 0.15) is 31.1 Å². The van der Waals surface area contributed by atoms with Gasteiger partial charge in [0.05, 0.1) is 28.3 Å². The van der Waals surface area contributed by atoms with Crippen LogP contribution in [0.2, 0.25) is 5.02 Å². The molecule has 0 spiro atoms. The number of benzene rings is 1. The first-order valence-electron chi connectivity index (χ1n) is 6.36. The third-order valence-electron chi connectivity index (χ3n) is 2.34. The summed E-state index contributed by atoms with van der Waals surface area (Å²) in [5, 5.41) is 13.0. The van der Waals surface area contributed by atoms with E-state index in [2.05, 4.69) is 10.2 Å². The molecule has 10 heteroatoms. The fourth-order valence-electron chi connectivity index (χ4n) is 1.58. The van der Waals surface area contributed by atoms with Crippen LogP contribution in [0, 0.1) is 10.1 Å². The first-order chi connectivity index (χ1) is 10.5. The Hall–Kier alpha value is -2.39. The van der Waals surface area contributed by atoms with Gasteiger partial charge in [0.15, 0.2) is 0 Å². The summed E-state index contributed by atoms with van der Waals surface area (Å²) in [7, 11) is 1.21. The highest BCUT2D eigenvalue weighted by Gasteiger charge is 2.24. The third-order valence-corrected chi connectivity index (χ3v) is 2.64. The lowest BCUT2D eigenvalue weighted by molar-refractivity contribution is -0.384. The van der Waals surface area contributed by atoms with E-state index >= 15 is 0 Å². The number of hydroxylamine groups is 1. The van der Waals surface area contributed by atoms with Gasteiger partial charge in [0.2, 0.25) is 0 Å². The molecule has 2 N–H and O–H groups in total. The molecule has 0 aliphatic heterocycles. The van der Waals surface area contributed by atoms with Crippen molar-refractivity contribution in [3.8, 4) is 0 Å². The van der Waals surface area contributed by atoms with Crippen LogP contribution in [0.5, 0.6) is 0 Å². The van der Waals surface area contributed by atoms with E-state index in [0.717, 1.165) is 12.1 Å². The summed E-state index contributed by atoms with van der Waals surface area (Å²) >= 11 is 5.91. The zero-order chi connectivity index (χ0) is 17.8. The second kappa shape index (κ2) is 7.25. The van der Waals surface area contributed by atoms with Crippen molar-refractivity contribution in [2.24, 2.45) is 0 Å². The van der Waals surface area contributed by atoms with E-state index in [1.165, 1.54) is 7.11 Å². The quantitative estimate of drug-likeness (QED) is 0.639. The molecule has 1 aromatic carbocycles. The van der Waals surface area contributed by atoms with Crippen molar-refractivity contribution in [1.29, 1.82) is 0 Å². The normalized spacial score (nSPS) is 10.8. The van der Waals surface area contributed by atoms with Crippen LogP contribution in [-0.2, 0) is 9.57 Å². The van der Waals surface area contributed by atoms with E-state index in [0.29, 0.717) is 0 Å². The topological polar surface area (TPSA) is 120 Å². The van der Waals surface area contributed by atoms with Gasteiger partial charge in [0, 0.05) is 12.1 Å². The average molecular weight is 346 g/mol. The number of halogens is 1. The standard InChI is InChI=1S/C13H16ClN3O6/c1-13(2,3)23-12(19)15-9-6-7(17(20)21)5-8(14)10(9)11(18)16-22-4/h5-6H,1-4H3,(H,15,19)(H,16,18). The Bertz CT molecular complexity index is 641. The zero-order valence-corrected chi connectivity index (χ0v) is 13.7. The van der Waals surface area contributed by atoms with Crippen LogP contribution in [-0.4, -0.2) is 29.6 Å². The molecule has 0 fully saturated rings. The van der Waals surface area contributed by atoms with Crippen molar-refractivity contribution in [3.63, 3.8) is 0 Å². The molecule has 2 amide bonds. The lowest BCUT2D eigenvalue weighted by Crippen LogP contribution is -2.29. The van der Waals surface area contributed by atoms with Gasteiger partial charge in [-0.3, -0.25) is 25.1 Å². The predicted octanol–water partition coefficient (Wildman–Crippen LogP) is 2.89. The number of non-ortho nitro benzene ring substituents is 1. The number of nitro benzene ring substituents is 1. The number of carbonyl (C=O) groups excluding carboxylic acids is 2. The van der Waals surface area contributed by atoms with Crippen LogP contribution in [0.15, 0.2) is 12.1 Å². The predicted molar refractivity (Wildman–Crippen MR) is 82.4 cm³/mol. The molecule has 0 saturated heterocycles. The minimum atomic E-state index is -0.888. The maximum Gasteiger partial charge on any atom is 0.412 e. The van der Waals surface area contributed by atoms with Crippen LogP contribution >= 0.6 is 11.6 Å². The number of amides is 2. The second-order valence-corrected chi connectivity index (χ2v) is 5.78. The summed E-state index contributed by atoms with van der Waals surface area (Å²) < 4.78 is 5.05. The van der Waals surface area contributed by atoms with Gasteiger partial charge in [0.25, 0.3) is 11.6 Å². The lowest BCUT2D eigenvalue weighted by Gasteiger charge is -2.20. The molecule has 0 aromatic heterocycles. The van der Waals surface area contributed by atoms with Crippen molar-refractivity contribution in [2.45, 2.75) is 26.4 Å². The summed E-state index contributed by atoms with van der Waals surface area (Å²) in [6, 6.07) is 1.99. The van der Waals surface area contributed by atoms with Gasteiger partial charge in [-0.25, -0.2) is 10.3 Å². The third kappa shape index (κ3) is 5.38. The lowest BCUT2D eigenvalue weighted by atomic mass is 10.1. The Morgan fingerprint density at radius 2 is 1.91 bits per heavy atom. The smallest absolute Gasteiger partial charge is 0.412 e. The molecular formula is C13H16ClN3O6. The number of anilines is 1. The van der Waals surface area contributed by atoms with Crippen molar-refractivity contribution in [2.75, 3.05) is 12.4 Å². The molecule has 126 valence electrons. The maximum absolute atomic E-state index is 12.0. The van der Waals surface area contributed by atoms with Crippen molar-refractivity contribution >= 4 is 35.0 Å². The van der Waals surface area contributed by atoms with E-state index in [9.17, 15) is 19.7 Å². The molecule has 0 atom stereocenters. The molecule has 0 unspecified atom stereocenters. The van der Waals surface area contributed by atoms with Gasteiger partial charge in [-0.2, -0.15) is 0 Å². The molecule has 1 aromatic rings. The molecular weight excluding hydrogens is 330 g/mol. The Morgan fingerprint density at radius 1 is 1.30 bits per heavy atom. The molecule has 0 radical (unpaired) electrons. The number of nitrogens with zero attached hydrogens (tertiary/aromatic N) is 1. The van der Waals surface area contributed by atoms with E-state index < -0.39 is 28.2 Å². The summed E-state index contributed by atoms with van der Waals surface area (Å²) in [6.45, 7) is 4.93. The SMILES string of the molecule is CONC(=O)c1c(Cl)cc([N+](=O)[O-])cc1NC(=O)OC(C)(C)C. The minimum Gasteiger partial charge on any atom is -0.444 e. The van der Waals surface area contributed by atoms with E-state index in [-0.39, 0.29) is 16.3 Å². The molecule has 0 heterocycles. The Labute approximate surface area is 137 Å². The van der Waals surface area contributed by atoms with Crippen LogP contribution in [0.4, 0.5) is 16.2 Å². The Balaban J connectivity index is 3.27. The van der Waals surface area contributed by atoms with Crippen LogP contribution in [0.25, 0.3) is 0 Å². The zero-order valence-electron chi connectivity index (χ0n) is 12.9. The van der Waals surface area contributed by atoms with Crippen molar-refractivity contribution < 1.29 is 24.1 Å². The van der Waals surface area contributed by atoms with E-state index in [1.807, 2.05) is 5.48 Å². The summed E-state index contributed by atoms with van der Waals surface area (Å²) in [5.74, 6) is -0.779. The largest absolute Gasteiger partial charge is 0.444 e. The molecule has 0 bridgehead atoms. The monoisotopic (exact) mass is 345 g/mol. The average Bonchev–Trinajstić information content (AvgIpc) is 2.35. The second-order valence-electron chi connectivity index (χ2n) is 5.37. The fourth-order valence-corrected chi connectivity index (χ4v) is 1.88. The van der Waals surface area contributed by atoms with Gasteiger partial charge in [-0.1, -0.05) is 11.6 Å². The molecule has 23 heavy (non-hydrogen) atoms. The molecule has 0 saturated carbocycles. The molecule has 1 rings (SSSR count). The van der Waals surface area contributed by atoms with Gasteiger partial charge in [0.1, 0.15) is 5.60 Å². The number of rotatable bonds is 4. The highest BCUT2D eigenvalue weighted by Crippen LogP contribution is 2.31.